The second-order valence-electron chi connectivity index (χ2n) is 9.70. The number of hydrogen-bond donors (Lipinski definition) is 0. The fraction of sp³-hybridized carbons (Fsp3) is 0.733. The molecule has 34 heavy (non-hydrogen) atoms. The first-order valence-corrected chi connectivity index (χ1v) is 14.0. The SMILES string of the molecule is CCCCCCCC(CC)COC(=O)c1ccccc1C(=O)OCC(CC)CCCCCCC. The molecule has 1 aromatic rings. The number of benzene rings is 1. The van der Waals surface area contributed by atoms with E-state index >= 15 is 0 Å². The molecule has 0 aliphatic heterocycles. The number of hydrogen-bond acceptors (Lipinski definition) is 4. The highest BCUT2D eigenvalue weighted by Crippen LogP contribution is 2.19. The molecule has 0 saturated heterocycles. The third kappa shape index (κ3) is 12.6. The number of carbonyl (C=O) groups excluding carboxylic acids is 2. The highest BCUT2D eigenvalue weighted by molar-refractivity contribution is 6.03. The van der Waals surface area contributed by atoms with E-state index < -0.39 is 11.9 Å². The number of unbranched alkanes of at least 4 members (excludes halogenated alkanes) is 8. The van der Waals surface area contributed by atoms with Gasteiger partial charge in [-0.15, -0.1) is 0 Å². The van der Waals surface area contributed by atoms with Crippen molar-refractivity contribution in [2.24, 2.45) is 11.8 Å². The Kier molecular flexibility index (Phi) is 17.3. The molecule has 4 heteroatoms. The molecule has 0 fully saturated rings. The van der Waals surface area contributed by atoms with Crippen LogP contribution in [0.2, 0.25) is 0 Å². The maximum absolute atomic E-state index is 12.8. The fourth-order valence-corrected chi connectivity index (χ4v) is 4.27. The van der Waals surface area contributed by atoms with Crippen LogP contribution >= 0.6 is 0 Å². The normalized spacial score (nSPS) is 12.8. The zero-order chi connectivity index (χ0) is 25.0. The fourth-order valence-electron chi connectivity index (χ4n) is 4.27. The molecular formula is C30H50O4. The molecule has 2 unspecified atom stereocenters. The monoisotopic (exact) mass is 474 g/mol. The van der Waals surface area contributed by atoms with Crippen molar-refractivity contribution in [3.05, 3.63) is 35.4 Å². The molecule has 0 amide bonds. The Hall–Kier alpha value is -1.84. The maximum atomic E-state index is 12.8. The van der Waals surface area contributed by atoms with Crippen LogP contribution in [0, 0.1) is 11.8 Å². The van der Waals surface area contributed by atoms with Crippen molar-refractivity contribution in [1.29, 1.82) is 0 Å². The standard InChI is InChI=1S/C30H50O4/c1-5-9-11-13-15-19-25(7-3)23-33-29(31)27-21-17-18-22-28(27)30(32)34-24-26(8-4)20-16-14-12-10-6-2/h17-18,21-22,25-26H,5-16,19-20,23-24H2,1-4H3. The lowest BCUT2D eigenvalue weighted by molar-refractivity contribution is 0.0381. The summed E-state index contributed by atoms with van der Waals surface area (Å²) in [7, 11) is 0. The van der Waals surface area contributed by atoms with E-state index in [9.17, 15) is 9.59 Å². The van der Waals surface area contributed by atoms with Gasteiger partial charge in [-0.05, 0) is 36.8 Å². The lowest BCUT2D eigenvalue weighted by Crippen LogP contribution is -2.19. The van der Waals surface area contributed by atoms with Crippen LogP contribution in [-0.4, -0.2) is 25.2 Å². The molecule has 1 rings (SSSR count). The van der Waals surface area contributed by atoms with Crippen LogP contribution in [0.15, 0.2) is 24.3 Å². The van der Waals surface area contributed by atoms with E-state index in [0.717, 1.165) is 25.7 Å². The van der Waals surface area contributed by atoms with Crippen LogP contribution < -0.4 is 0 Å². The summed E-state index contributed by atoms with van der Waals surface area (Å²) in [5.41, 5.74) is 0.607. The van der Waals surface area contributed by atoms with Crippen LogP contribution in [0.25, 0.3) is 0 Å². The lowest BCUT2D eigenvalue weighted by atomic mass is 9.98. The van der Waals surface area contributed by atoms with Gasteiger partial charge in [-0.2, -0.15) is 0 Å². The Bertz CT molecular complexity index is 613. The van der Waals surface area contributed by atoms with Gasteiger partial charge in [0.2, 0.25) is 0 Å². The van der Waals surface area contributed by atoms with Gasteiger partial charge in [0, 0.05) is 0 Å². The van der Waals surface area contributed by atoms with Gasteiger partial charge in [-0.3, -0.25) is 0 Å². The summed E-state index contributed by atoms with van der Waals surface area (Å²) < 4.78 is 11.3. The first-order valence-electron chi connectivity index (χ1n) is 14.0. The Morgan fingerprint density at radius 1 is 0.618 bits per heavy atom. The Morgan fingerprint density at radius 2 is 1.00 bits per heavy atom. The number of carbonyl (C=O) groups is 2. The zero-order valence-electron chi connectivity index (χ0n) is 22.4. The van der Waals surface area contributed by atoms with Gasteiger partial charge in [-0.1, -0.05) is 117 Å². The van der Waals surface area contributed by atoms with Crippen LogP contribution in [-0.2, 0) is 9.47 Å². The van der Waals surface area contributed by atoms with Crippen LogP contribution in [0.4, 0.5) is 0 Å². The molecule has 0 aromatic heterocycles. The van der Waals surface area contributed by atoms with Gasteiger partial charge in [0.05, 0.1) is 24.3 Å². The second-order valence-corrected chi connectivity index (χ2v) is 9.70. The molecule has 0 spiro atoms. The molecule has 0 aliphatic rings. The van der Waals surface area contributed by atoms with Crippen molar-refractivity contribution in [3.8, 4) is 0 Å². The molecule has 0 saturated carbocycles. The summed E-state index contributed by atoms with van der Waals surface area (Å²) in [5.74, 6) is -0.125. The van der Waals surface area contributed by atoms with E-state index in [1.807, 2.05) is 0 Å². The molecule has 0 N–H and O–H groups in total. The second kappa shape index (κ2) is 19.5. The van der Waals surface area contributed by atoms with Crippen LogP contribution in [0.1, 0.15) is 138 Å². The molecule has 0 heterocycles. The van der Waals surface area contributed by atoms with Gasteiger partial charge in [0.1, 0.15) is 0 Å². The van der Waals surface area contributed by atoms with E-state index in [-0.39, 0.29) is 0 Å². The molecule has 0 aliphatic carbocycles. The quantitative estimate of drug-likeness (QED) is 0.140. The van der Waals surface area contributed by atoms with Gasteiger partial charge in [-0.25, -0.2) is 9.59 Å². The highest BCUT2D eigenvalue weighted by atomic mass is 16.5. The van der Waals surface area contributed by atoms with E-state index in [0.29, 0.717) is 36.2 Å². The Labute approximate surface area is 209 Å². The average molecular weight is 475 g/mol. The van der Waals surface area contributed by atoms with E-state index in [2.05, 4.69) is 27.7 Å². The summed E-state index contributed by atoms with van der Waals surface area (Å²) in [6.45, 7) is 9.54. The predicted octanol–water partition coefficient (Wildman–Crippen LogP) is 8.77. The molecule has 4 nitrogen and oxygen atoms in total. The van der Waals surface area contributed by atoms with Crippen molar-refractivity contribution in [2.75, 3.05) is 13.2 Å². The summed E-state index contributed by atoms with van der Waals surface area (Å²) in [4.78, 5) is 25.6. The van der Waals surface area contributed by atoms with Crippen LogP contribution in [0.5, 0.6) is 0 Å². The minimum atomic E-state index is -0.431. The maximum Gasteiger partial charge on any atom is 0.339 e. The first-order chi connectivity index (χ1) is 16.6. The van der Waals surface area contributed by atoms with Gasteiger partial charge in [0.25, 0.3) is 0 Å². The van der Waals surface area contributed by atoms with Crippen LogP contribution in [0.3, 0.4) is 0 Å². The number of ether oxygens (including phenoxy) is 2. The molecule has 194 valence electrons. The smallest absolute Gasteiger partial charge is 0.339 e. The summed E-state index contributed by atoms with van der Waals surface area (Å²) >= 11 is 0. The van der Waals surface area contributed by atoms with E-state index in [1.165, 1.54) is 64.2 Å². The van der Waals surface area contributed by atoms with Gasteiger partial charge < -0.3 is 9.47 Å². The Balaban J connectivity index is 2.54. The van der Waals surface area contributed by atoms with Gasteiger partial charge >= 0.3 is 11.9 Å². The minimum absolute atomic E-state index is 0.304. The first kappa shape index (κ1) is 30.2. The third-order valence-corrected chi connectivity index (χ3v) is 6.85. The minimum Gasteiger partial charge on any atom is -0.462 e. The highest BCUT2D eigenvalue weighted by Gasteiger charge is 2.21. The molecule has 2 atom stereocenters. The molecule has 0 bridgehead atoms. The number of rotatable bonds is 20. The van der Waals surface area contributed by atoms with Crippen molar-refractivity contribution in [2.45, 2.75) is 118 Å². The van der Waals surface area contributed by atoms with E-state index in [1.54, 1.807) is 24.3 Å². The summed E-state index contributed by atoms with van der Waals surface area (Å²) in [6.07, 6.45) is 16.6. The van der Waals surface area contributed by atoms with E-state index in [4.69, 9.17) is 9.47 Å². The third-order valence-electron chi connectivity index (χ3n) is 6.85. The van der Waals surface area contributed by atoms with Crippen molar-refractivity contribution in [1.82, 2.24) is 0 Å². The molecule has 1 aromatic carbocycles. The lowest BCUT2D eigenvalue weighted by Gasteiger charge is -2.17. The number of esters is 2. The average Bonchev–Trinajstić information content (AvgIpc) is 2.87. The zero-order valence-corrected chi connectivity index (χ0v) is 22.4. The van der Waals surface area contributed by atoms with Crippen molar-refractivity contribution in [3.63, 3.8) is 0 Å². The van der Waals surface area contributed by atoms with Crippen molar-refractivity contribution >= 4 is 11.9 Å². The Morgan fingerprint density at radius 3 is 1.35 bits per heavy atom. The van der Waals surface area contributed by atoms with Crippen molar-refractivity contribution < 1.29 is 19.1 Å². The molecular weight excluding hydrogens is 424 g/mol. The summed E-state index contributed by atoms with van der Waals surface area (Å²) in [6, 6.07) is 6.86. The largest absolute Gasteiger partial charge is 0.462 e. The summed E-state index contributed by atoms with van der Waals surface area (Å²) in [5, 5.41) is 0. The topological polar surface area (TPSA) is 52.6 Å². The predicted molar refractivity (Wildman–Crippen MR) is 141 cm³/mol. The van der Waals surface area contributed by atoms with Gasteiger partial charge in [0.15, 0.2) is 0 Å². The molecule has 0 radical (unpaired) electrons.